The van der Waals surface area contributed by atoms with E-state index in [1.54, 1.807) is 37.3 Å². The van der Waals surface area contributed by atoms with Gasteiger partial charge in [-0.15, -0.1) is 0 Å². The summed E-state index contributed by atoms with van der Waals surface area (Å²) < 4.78 is 34.3. The zero-order valence-electron chi connectivity index (χ0n) is 13.6. The van der Waals surface area contributed by atoms with Crippen molar-refractivity contribution in [2.45, 2.75) is 19.6 Å². The van der Waals surface area contributed by atoms with Gasteiger partial charge in [0.15, 0.2) is 11.5 Å². The topological polar surface area (TPSA) is 59.6 Å². The highest BCUT2D eigenvalue weighted by Gasteiger charge is 2.16. The second-order valence-electron chi connectivity index (χ2n) is 5.11. The fraction of sp³-hybridized carbons (Fsp3) is 0.235. The lowest BCUT2D eigenvalue weighted by atomic mass is 10.2. The van der Waals surface area contributed by atoms with E-state index >= 15 is 0 Å². The smallest absolute Gasteiger partial charge is 0.387 e. The SMILES string of the molecule is COc1ccc(NC(C)C(=O)Nc2ccc(Cl)cc2)cc1OC(F)F. The molecule has 1 unspecified atom stereocenters. The molecule has 1 amide bonds. The predicted octanol–water partition coefficient (Wildman–Crippen LogP) is 4.39. The molecule has 2 N–H and O–H groups in total. The molecule has 25 heavy (non-hydrogen) atoms. The first-order valence-electron chi connectivity index (χ1n) is 7.35. The molecule has 8 heteroatoms. The third-order valence-corrected chi connectivity index (χ3v) is 3.52. The van der Waals surface area contributed by atoms with Gasteiger partial charge in [0.25, 0.3) is 0 Å². The number of benzene rings is 2. The molecule has 0 bridgehead atoms. The number of halogens is 3. The number of hydrogen-bond donors (Lipinski definition) is 2. The summed E-state index contributed by atoms with van der Waals surface area (Å²) in [6.07, 6.45) is 0. The number of anilines is 2. The summed E-state index contributed by atoms with van der Waals surface area (Å²) in [5.41, 5.74) is 1.04. The van der Waals surface area contributed by atoms with Gasteiger partial charge < -0.3 is 20.1 Å². The van der Waals surface area contributed by atoms with Gasteiger partial charge in [0.1, 0.15) is 6.04 Å². The molecule has 0 spiro atoms. The van der Waals surface area contributed by atoms with E-state index in [0.29, 0.717) is 16.4 Å². The summed E-state index contributed by atoms with van der Waals surface area (Å²) in [5.74, 6) is -0.244. The zero-order chi connectivity index (χ0) is 18.4. The first-order chi connectivity index (χ1) is 11.9. The van der Waals surface area contributed by atoms with E-state index in [4.69, 9.17) is 16.3 Å². The number of ether oxygens (including phenoxy) is 2. The molecule has 0 radical (unpaired) electrons. The van der Waals surface area contributed by atoms with Crippen LogP contribution in [0.25, 0.3) is 0 Å². The largest absolute Gasteiger partial charge is 0.493 e. The van der Waals surface area contributed by atoms with Gasteiger partial charge in [0, 0.05) is 22.5 Å². The van der Waals surface area contributed by atoms with E-state index in [1.165, 1.54) is 19.2 Å². The molecule has 0 aliphatic heterocycles. The van der Waals surface area contributed by atoms with Crippen molar-refractivity contribution < 1.29 is 23.0 Å². The van der Waals surface area contributed by atoms with Crippen molar-refractivity contribution in [3.05, 3.63) is 47.5 Å². The molecule has 0 saturated heterocycles. The van der Waals surface area contributed by atoms with Gasteiger partial charge in [-0.1, -0.05) is 11.6 Å². The first-order valence-corrected chi connectivity index (χ1v) is 7.72. The third kappa shape index (κ3) is 5.49. The van der Waals surface area contributed by atoms with Crippen LogP contribution in [0.5, 0.6) is 11.5 Å². The number of alkyl halides is 2. The molecule has 0 heterocycles. The van der Waals surface area contributed by atoms with E-state index in [-0.39, 0.29) is 17.4 Å². The Balaban J connectivity index is 2.04. The second-order valence-corrected chi connectivity index (χ2v) is 5.54. The van der Waals surface area contributed by atoms with Crippen molar-refractivity contribution >= 4 is 28.9 Å². The summed E-state index contributed by atoms with van der Waals surface area (Å²) in [7, 11) is 1.35. The molecule has 0 aromatic heterocycles. The molecule has 0 aliphatic carbocycles. The van der Waals surface area contributed by atoms with Crippen LogP contribution in [0.15, 0.2) is 42.5 Å². The fourth-order valence-electron chi connectivity index (χ4n) is 2.05. The molecule has 0 aliphatic rings. The summed E-state index contributed by atoms with van der Waals surface area (Å²) in [6.45, 7) is -1.34. The minimum atomic E-state index is -2.98. The maximum atomic E-state index is 12.5. The Morgan fingerprint density at radius 2 is 1.72 bits per heavy atom. The maximum Gasteiger partial charge on any atom is 0.387 e. The van der Waals surface area contributed by atoms with Crippen LogP contribution in [0.1, 0.15) is 6.92 Å². The summed E-state index contributed by atoms with van der Waals surface area (Å²) in [4.78, 5) is 12.2. The van der Waals surface area contributed by atoms with E-state index in [1.807, 2.05) is 0 Å². The molecule has 2 aromatic rings. The molecular weight excluding hydrogens is 354 g/mol. The normalized spacial score (nSPS) is 11.8. The first kappa shape index (κ1) is 18.8. The van der Waals surface area contributed by atoms with Gasteiger partial charge in [0.05, 0.1) is 7.11 Å². The molecular formula is C17H17ClF2N2O3. The molecule has 134 valence electrons. The van der Waals surface area contributed by atoms with Crippen molar-refractivity contribution in [1.29, 1.82) is 0 Å². The lowest BCUT2D eigenvalue weighted by molar-refractivity contribution is -0.116. The Bertz CT molecular complexity index is 726. The van der Waals surface area contributed by atoms with Crippen molar-refractivity contribution in [2.75, 3.05) is 17.7 Å². The molecule has 0 fully saturated rings. The average molecular weight is 371 g/mol. The minimum absolute atomic E-state index is 0.118. The summed E-state index contributed by atoms with van der Waals surface area (Å²) in [5, 5.41) is 6.21. The van der Waals surface area contributed by atoms with Crippen molar-refractivity contribution in [2.24, 2.45) is 0 Å². The van der Waals surface area contributed by atoms with Crippen molar-refractivity contribution in [3.63, 3.8) is 0 Å². The molecule has 2 aromatic carbocycles. The van der Waals surface area contributed by atoms with E-state index in [2.05, 4.69) is 15.4 Å². The average Bonchev–Trinajstić information content (AvgIpc) is 2.56. The quantitative estimate of drug-likeness (QED) is 0.759. The minimum Gasteiger partial charge on any atom is -0.493 e. The molecule has 5 nitrogen and oxygen atoms in total. The second kappa shape index (κ2) is 8.53. The Kier molecular flexibility index (Phi) is 6.41. The summed E-state index contributed by atoms with van der Waals surface area (Å²) >= 11 is 5.79. The monoisotopic (exact) mass is 370 g/mol. The Hall–Kier alpha value is -2.54. The highest BCUT2D eigenvalue weighted by molar-refractivity contribution is 6.30. The predicted molar refractivity (Wildman–Crippen MR) is 92.8 cm³/mol. The van der Waals surface area contributed by atoms with Gasteiger partial charge in [-0.25, -0.2) is 0 Å². The van der Waals surface area contributed by atoms with Crippen LogP contribution in [0.4, 0.5) is 20.2 Å². The van der Waals surface area contributed by atoms with Crippen LogP contribution in [-0.4, -0.2) is 25.7 Å². The lowest BCUT2D eigenvalue weighted by Crippen LogP contribution is -2.31. The van der Waals surface area contributed by atoms with E-state index < -0.39 is 12.7 Å². The van der Waals surface area contributed by atoms with Crippen LogP contribution in [0, 0.1) is 0 Å². The van der Waals surface area contributed by atoms with Crippen LogP contribution in [-0.2, 0) is 4.79 Å². The van der Waals surface area contributed by atoms with E-state index in [0.717, 1.165) is 0 Å². The highest BCUT2D eigenvalue weighted by Crippen LogP contribution is 2.31. The maximum absolute atomic E-state index is 12.5. The number of rotatable bonds is 7. The van der Waals surface area contributed by atoms with Gasteiger partial charge in [0.2, 0.25) is 5.91 Å². The van der Waals surface area contributed by atoms with E-state index in [9.17, 15) is 13.6 Å². The van der Waals surface area contributed by atoms with Crippen molar-refractivity contribution in [3.8, 4) is 11.5 Å². The van der Waals surface area contributed by atoms with Gasteiger partial charge >= 0.3 is 6.61 Å². The Labute approximate surface area is 148 Å². The molecule has 0 saturated carbocycles. The number of carbonyl (C=O) groups excluding carboxylic acids is 1. The van der Waals surface area contributed by atoms with Crippen molar-refractivity contribution in [1.82, 2.24) is 0 Å². The standard InChI is InChI=1S/C17H17ClF2N2O3/c1-10(16(23)22-12-5-3-11(18)4-6-12)21-13-7-8-14(24-2)15(9-13)25-17(19)20/h3-10,17,21H,1-2H3,(H,22,23). The Morgan fingerprint density at radius 3 is 2.32 bits per heavy atom. The van der Waals surface area contributed by atoms with Crippen LogP contribution < -0.4 is 20.1 Å². The number of hydrogen-bond acceptors (Lipinski definition) is 4. The van der Waals surface area contributed by atoms with Gasteiger partial charge in [-0.3, -0.25) is 4.79 Å². The summed E-state index contributed by atoms with van der Waals surface area (Å²) in [6, 6.07) is 10.5. The number of carbonyl (C=O) groups is 1. The number of amides is 1. The van der Waals surface area contributed by atoms with Gasteiger partial charge in [-0.05, 0) is 43.3 Å². The lowest BCUT2D eigenvalue weighted by Gasteiger charge is -2.17. The number of nitrogens with one attached hydrogen (secondary N) is 2. The zero-order valence-corrected chi connectivity index (χ0v) is 14.3. The van der Waals surface area contributed by atoms with Crippen LogP contribution in [0.3, 0.4) is 0 Å². The highest BCUT2D eigenvalue weighted by atomic mass is 35.5. The van der Waals surface area contributed by atoms with Crippen LogP contribution >= 0.6 is 11.6 Å². The fourth-order valence-corrected chi connectivity index (χ4v) is 2.18. The third-order valence-electron chi connectivity index (χ3n) is 3.27. The Morgan fingerprint density at radius 1 is 1.08 bits per heavy atom. The molecule has 1 atom stereocenters. The van der Waals surface area contributed by atoms with Gasteiger partial charge in [-0.2, -0.15) is 8.78 Å². The van der Waals surface area contributed by atoms with Crippen LogP contribution in [0.2, 0.25) is 5.02 Å². The molecule has 2 rings (SSSR count). The number of methoxy groups -OCH3 is 1.